The van der Waals surface area contributed by atoms with Crippen LogP contribution >= 0.6 is 0 Å². The zero-order valence-corrected chi connectivity index (χ0v) is 10.1. The Kier molecular flexibility index (Phi) is 3.43. The van der Waals surface area contributed by atoms with Crippen molar-refractivity contribution in [2.45, 2.75) is 37.6 Å². The molecule has 92 valence electrons. The second-order valence-electron chi connectivity index (χ2n) is 4.67. The van der Waals surface area contributed by atoms with Gasteiger partial charge in [-0.3, -0.25) is 10.1 Å². The lowest BCUT2D eigenvalue weighted by Gasteiger charge is -2.37. The van der Waals surface area contributed by atoms with Crippen molar-refractivity contribution in [3.63, 3.8) is 0 Å². The van der Waals surface area contributed by atoms with Gasteiger partial charge in [-0.1, -0.05) is 37.5 Å². The number of hydrogen-bond donors (Lipinski definition) is 1. The molecule has 0 aromatic heterocycles. The Morgan fingerprint density at radius 2 is 1.88 bits per heavy atom. The van der Waals surface area contributed by atoms with Crippen molar-refractivity contribution < 1.29 is 4.92 Å². The molecule has 17 heavy (non-hydrogen) atoms. The van der Waals surface area contributed by atoms with Gasteiger partial charge in [-0.15, -0.1) is 0 Å². The van der Waals surface area contributed by atoms with E-state index in [4.69, 9.17) is 0 Å². The third-order valence-corrected chi connectivity index (χ3v) is 3.80. The van der Waals surface area contributed by atoms with Crippen LogP contribution in [0.5, 0.6) is 0 Å². The van der Waals surface area contributed by atoms with Crippen LogP contribution in [0.2, 0.25) is 0 Å². The number of nitrogens with one attached hydrogen (secondary N) is 1. The van der Waals surface area contributed by atoms with E-state index in [-0.39, 0.29) is 16.1 Å². The van der Waals surface area contributed by atoms with Crippen LogP contribution in [0.1, 0.15) is 37.7 Å². The second kappa shape index (κ2) is 4.84. The summed E-state index contributed by atoms with van der Waals surface area (Å²) >= 11 is 0. The molecule has 1 aromatic carbocycles. The fraction of sp³-hybridized carbons (Fsp3) is 0.538. The minimum absolute atomic E-state index is 0.206. The van der Waals surface area contributed by atoms with Gasteiger partial charge < -0.3 is 5.32 Å². The van der Waals surface area contributed by atoms with Crippen molar-refractivity contribution in [3.8, 4) is 0 Å². The molecule has 0 unspecified atom stereocenters. The summed E-state index contributed by atoms with van der Waals surface area (Å²) < 4.78 is 0. The predicted octanol–water partition coefficient (Wildman–Crippen LogP) is 2.97. The maximum absolute atomic E-state index is 11.1. The molecule has 1 aliphatic carbocycles. The lowest BCUT2D eigenvalue weighted by molar-refractivity contribution is -0.386. The van der Waals surface area contributed by atoms with Crippen molar-refractivity contribution in [3.05, 3.63) is 39.9 Å². The molecule has 1 saturated carbocycles. The zero-order chi connectivity index (χ0) is 12.3. The molecule has 4 nitrogen and oxygen atoms in total. The van der Waals surface area contributed by atoms with Gasteiger partial charge in [-0.25, -0.2) is 0 Å². The van der Waals surface area contributed by atoms with Gasteiger partial charge in [0.15, 0.2) is 0 Å². The van der Waals surface area contributed by atoms with Gasteiger partial charge in [-0.2, -0.15) is 0 Å². The van der Waals surface area contributed by atoms with Crippen molar-refractivity contribution in [1.29, 1.82) is 0 Å². The quantitative estimate of drug-likeness (QED) is 0.646. The van der Waals surface area contributed by atoms with Crippen LogP contribution in [-0.4, -0.2) is 12.0 Å². The van der Waals surface area contributed by atoms with Gasteiger partial charge >= 0.3 is 0 Å². The van der Waals surface area contributed by atoms with Gasteiger partial charge in [0.1, 0.15) is 0 Å². The van der Waals surface area contributed by atoms with E-state index in [1.54, 1.807) is 12.1 Å². The zero-order valence-electron chi connectivity index (χ0n) is 10.1. The molecular weight excluding hydrogens is 216 g/mol. The molecule has 4 heteroatoms. The summed E-state index contributed by atoms with van der Waals surface area (Å²) in [5.74, 6) is 0. The molecule has 0 bridgehead atoms. The minimum Gasteiger partial charge on any atom is -0.310 e. The van der Waals surface area contributed by atoms with Crippen molar-refractivity contribution in [2.75, 3.05) is 7.05 Å². The molecule has 2 rings (SSSR count). The van der Waals surface area contributed by atoms with Crippen LogP contribution in [0.4, 0.5) is 5.69 Å². The first-order valence-corrected chi connectivity index (χ1v) is 6.12. The lowest BCUT2D eigenvalue weighted by atomic mass is 9.76. The van der Waals surface area contributed by atoms with E-state index in [1.165, 1.54) is 6.42 Å². The minimum atomic E-state index is -0.275. The van der Waals surface area contributed by atoms with Crippen LogP contribution in [0.3, 0.4) is 0 Å². The third-order valence-electron chi connectivity index (χ3n) is 3.80. The summed E-state index contributed by atoms with van der Waals surface area (Å²) in [7, 11) is 1.90. The fourth-order valence-corrected chi connectivity index (χ4v) is 2.85. The highest BCUT2D eigenvalue weighted by Crippen LogP contribution is 2.40. The summed E-state index contributed by atoms with van der Waals surface area (Å²) in [6.07, 6.45) is 5.45. The Morgan fingerprint density at radius 1 is 1.24 bits per heavy atom. The number of nitro benzene ring substituents is 1. The maximum Gasteiger partial charge on any atom is 0.274 e. The molecule has 0 atom stereocenters. The number of nitro groups is 1. The average Bonchev–Trinajstić information content (AvgIpc) is 2.39. The molecule has 0 amide bonds. The summed E-state index contributed by atoms with van der Waals surface area (Å²) in [4.78, 5) is 10.8. The highest BCUT2D eigenvalue weighted by atomic mass is 16.6. The van der Waals surface area contributed by atoms with Crippen LogP contribution < -0.4 is 5.32 Å². The number of para-hydroxylation sites is 1. The molecule has 1 aliphatic rings. The van der Waals surface area contributed by atoms with E-state index in [0.29, 0.717) is 0 Å². The van der Waals surface area contributed by atoms with Crippen molar-refractivity contribution in [1.82, 2.24) is 5.32 Å². The van der Waals surface area contributed by atoms with Crippen LogP contribution in [0, 0.1) is 10.1 Å². The molecule has 1 aromatic rings. The van der Waals surface area contributed by atoms with E-state index in [1.807, 2.05) is 19.2 Å². The molecule has 1 N–H and O–H groups in total. The monoisotopic (exact) mass is 234 g/mol. The first-order valence-electron chi connectivity index (χ1n) is 6.12. The standard InChI is InChI=1S/C13H18N2O2/c1-14-13(9-5-2-6-10-13)11-7-3-4-8-12(11)15(16)17/h3-4,7-8,14H,2,5-6,9-10H2,1H3. The second-order valence-corrected chi connectivity index (χ2v) is 4.67. The number of nitrogens with zero attached hydrogens (tertiary/aromatic N) is 1. The molecule has 0 radical (unpaired) electrons. The van der Waals surface area contributed by atoms with Gasteiger partial charge in [-0.05, 0) is 19.9 Å². The third kappa shape index (κ3) is 2.17. The largest absolute Gasteiger partial charge is 0.310 e. The molecule has 0 saturated heterocycles. The van der Waals surface area contributed by atoms with Crippen LogP contribution in [-0.2, 0) is 5.54 Å². The highest BCUT2D eigenvalue weighted by molar-refractivity contribution is 5.45. The molecule has 0 heterocycles. The van der Waals surface area contributed by atoms with Crippen molar-refractivity contribution in [2.24, 2.45) is 0 Å². The molecular formula is C13H18N2O2. The van der Waals surface area contributed by atoms with E-state index in [9.17, 15) is 10.1 Å². The van der Waals surface area contributed by atoms with E-state index in [2.05, 4.69) is 5.32 Å². The van der Waals surface area contributed by atoms with Crippen LogP contribution in [0.15, 0.2) is 24.3 Å². The predicted molar refractivity (Wildman–Crippen MR) is 66.9 cm³/mol. The summed E-state index contributed by atoms with van der Waals surface area (Å²) in [6, 6.07) is 7.10. The van der Waals surface area contributed by atoms with Gasteiger partial charge in [0, 0.05) is 11.6 Å². The average molecular weight is 234 g/mol. The molecule has 0 aliphatic heterocycles. The Morgan fingerprint density at radius 3 is 2.47 bits per heavy atom. The van der Waals surface area contributed by atoms with Crippen LogP contribution in [0.25, 0.3) is 0 Å². The Labute approximate surface area is 101 Å². The first-order chi connectivity index (χ1) is 8.19. The maximum atomic E-state index is 11.1. The van der Waals surface area contributed by atoms with E-state index < -0.39 is 0 Å². The summed E-state index contributed by atoms with van der Waals surface area (Å²) in [5.41, 5.74) is 0.873. The molecule has 1 fully saturated rings. The van der Waals surface area contributed by atoms with Crippen molar-refractivity contribution >= 4 is 5.69 Å². The smallest absolute Gasteiger partial charge is 0.274 e. The van der Waals surface area contributed by atoms with Gasteiger partial charge in [0.25, 0.3) is 5.69 Å². The molecule has 0 spiro atoms. The SMILES string of the molecule is CNC1(c2ccccc2[N+](=O)[O-])CCCCC1. The number of rotatable bonds is 3. The summed E-state index contributed by atoms with van der Waals surface area (Å²) in [5, 5.41) is 14.4. The number of hydrogen-bond acceptors (Lipinski definition) is 3. The lowest BCUT2D eigenvalue weighted by Crippen LogP contribution is -2.42. The Bertz CT molecular complexity index is 412. The topological polar surface area (TPSA) is 55.2 Å². The number of benzene rings is 1. The fourth-order valence-electron chi connectivity index (χ4n) is 2.85. The van der Waals surface area contributed by atoms with E-state index >= 15 is 0 Å². The summed E-state index contributed by atoms with van der Waals surface area (Å²) in [6.45, 7) is 0. The first kappa shape index (κ1) is 12.0. The van der Waals surface area contributed by atoms with Gasteiger partial charge in [0.05, 0.1) is 10.5 Å². The highest BCUT2D eigenvalue weighted by Gasteiger charge is 2.36. The van der Waals surface area contributed by atoms with E-state index in [0.717, 1.165) is 31.2 Å². The van der Waals surface area contributed by atoms with Gasteiger partial charge in [0.2, 0.25) is 0 Å². The Balaban J connectivity index is 2.46. The Hall–Kier alpha value is -1.42. The normalized spacial score (nSPS) is 18.9.